The van der Waals surface area contributed by atoms with E-state index in [1.807, 2.05) is 0 Å². The Morgan fingerprint density at radius 3 is 2.69 bits per heavy atom. The van der Waals surface area contributed by atoms with E-state index < -0.39 is 0 Å². The van der Waals surface area contributed by atoms with Gasteiger partial charge in [0, 0.05) is 25.2 Å². The zero-order valence-electron chi connectivity index (χ0n) is 18.4. The molecule has 1 aromatic carbocycles. The predicted octanol–water partition coefficient (Wildman–Crippen LogP) is 3.55. The van der Waals surface area contributed by atoms with Gasteiger partial charge in [-0.2, -0.15) is 0 Å². The maximum atomic E-state index is 6.19. The fraction of sp³-hybridized carbons (Fsp3) is 0.682. The summed E-state index contributed by atoms with van der Waals surface area (Å²) in [5.74, 6) is 2.01. The number of nitrogens with zero attached hydrogens (tertiary/aromatic N) is 2. The highest BCUT2D eigenvalue weighted by Crippen LogP contribution is 2.24. The van der Waals surface area contributed by atoms with Gasteiger partial charge in [0.15, 0.2) is 5.96 Å². The van der Waals surface area contributed by atoms with Crippen LogP contribution in [0.25, 0.3) is 0 Å². The van der Waals surface area contributed by atoms with E-state index >= 15 is 0 Å². The van der Waals surface area contributed by atoms with E-state index in [2.05, 4.69) is 61.1 Å². The van der Waals surface area contributed by atoms with Gasteiger partial charge in [-0.15, -0.1) is 24.0 Å². The van der Waals surface area contributed by atoms with Crippen molar-refractivity contribution in [2.24, 2.45) is 16.6 Å². The fourth-order valence-electron chi connectivity index (χ4n) is 3.40. The third-order valence-corrected chi connectivity index (χ3v) is 4.83. The number of rotatable bonds is 10. The van der Waals surface area contributed by atoms with E-state index in [1.165, 1.54) is 5.56 Å². The lowest BCUT2D eigenvalue weighted by atomic mass is 10.1. The van der Waals surface area contributed by atoms with Gasteiger partial charge in [0.1, 0.15) is 5.75 Å². The van der Waals surface area contributed by atoms with Gasteiger partial charge >= 0.3 is 0 Å². The molecular weight excluding hydrogens is 479 g/mol. The number of aliphatic imine (C=N–C) groups is 1. The van der Waals surface area contributed by atoms with Crippen molar-refractivity contribution < 1.29 is 9.47 Å². The third kappa shape index (κ3) is 10.5. The molecule has 0 radical (unpaired) electrons. The van der Waals surface area contributed by atoms with Crippen molar-refractivity contribution in [1.29, 1.82) is 0 Å². The minimum absolute atomic E-state index is 0. The number of nitrogens with two attached hydrogens (primary N) is 1. The van der Waals surface area contributed by atoms with Gasteiger partial charge in [0.25, 0.3) is 0 Å². The van der Waals surface area contributed by atoms with E-state index in [9.17, 15) is 0 Å². The van der Waals surface area contributed by atoms with E-state index in [1.54, 1.807) is 0 Å². The smallest absolute Gasteiger partial charge is 0.188 e. The lowest BCUT2D eigenvalue weighted by Gasteiger charge is -2.26. The number of nitrogens with one attached hydrogen (secondary N) is 1. The Bertz CT molecular complexity index is 619. The van der Waals surface area contributed by atoms with Crippen LogP contribution in [0.1, 0.15) is 44.7 Å². The molecule has 0 aromatic heterocycles. The summed E-state index contributed by atoms with van der Waals surface area (Å²) in [4.78, 5) is 6.93. The molecule has 1 heterocycles. The van der Waals surface area contributed by atoms with Gasteiger partial charge < -0.3 is 20.5 Å². The first-order chi connectivity index (χ1) is 13.4. The van der Waals surface area contributed by atoms with Gasteiger partial charge in [-0.1, -0.05) is 26.0 Å². The molecule has 1 fully saturated rings. The average Bonchev–Trinajstić information content (AvgIpc) is 2.65. The van der Waals surface area contributed by atoms with Crippen LogP contribution < -0.4 is 15.8 Å². The Kier molecular flexibility index (Phi) is 12.6. The van der Waals surface area contributed by atoms with Crippen LogP contribution in [0, 0.1) is 12.8 Å². The summed E-state index contributed by atoms with van der Waals surface area (Å²) in [5, 5.41) is 3.22. The molecule has 1 atom stereocenters. The standard InChI is InChI=1S/C22H38N4O2.HI/c1-17(2)14-19(4)28-21-15-18(3)6-7-20(21)16-25-22(23)24-8-5-9-26-10-12-27-13-11-26;/h6-7,15,17,19H,5,8-14,16H2,1-4H3,(H3,23,24,25);1H. The van der Waals surface area contributed by atoms with Crippen LogP contribution in [0.4, 0.5) is 0 Å². The second-order valence-corrected chi connectivity index (χ2v) is 8.11. The second kappa shape index (κ2) is 14.0. The minimum atomic E-state index is 0. The van der Waals surface area contributed by atoms with Crippen molar-refractivity contribution in [3.63, 3.8) is 0 Å². The molecule has 0 amide bonds. The zero-order chi connectivity index (χ0) is 20.4. The lowest BCUT2D eigenvalue weighted by Crippen LogP contribution is -2.39. The summed E-state index contributed by atoms with van der Waals surface area (Å²) in [6.45, 7) is 14.8. The molecule has 1 aliphatic heterocycles. The number of ether oxygens (including phenoxy) is 2. The van der Waals surface area contributed by atoms with Crippen LogP contribution in [0.5, 0.6) is 5.75 Å². The van der Waals surface area contributed by atoms with E-state index in [-0.39, 0.29) is 30.1 Å². The molecule has 1 saturated heterocycles. The van der Waals surface area contributed by atoms with Crippen LogP contribution in [0.2, 0.25) is 0 Å². The number of aryl methyl sites for hydroxylation is 1. The Morgan fingerprint density at radius 2 is 2.00 bits per heavy atom. The lowest BCUT2D eigenvalue weighted by molar-refractivity contribution is 0.0376. The first kappa shape index (κ1) is 26.0. The largest absolute Gasteiger partial charge is 0.490 e. The van der Waals surface area contributed by atoms with E-state index in [0.29, 0.717) is 18.4 Å². The molecule has 1 unspecified atom stereocenters. The zero-order valence-corrected chi connectivity index (χ0v) is 20.8. The van der Waals surface area contributed by atoms with Crippen molar-refractivity contribution in [3.8, 4) is 5.75 Å². The van der Waals surface area contributed by atoms with Gasteiger partial charge in [-0.3, -0.25) is 4.90 Å². The Labute approximate surface area is 193 Å². The van der Waals surface area contributed by atoms with Crippen molar-refractivity contribution in [2.75, 3.05) is 39.4 Å². The molecule has 0 spiro atoms. The van der Waals surface area contributed by atoms with Crippen molar-refractivity contribution in [1.82, 2.24) is 10.2 Å². The Hall–Kier alpha value is -1.06. The van der Waals surface area contributed by atoms with Gasteiger partial charge in [0.2, 0.25) is 0 Å². The number of guanidine groups is 1. The predicted molar refractivity (Wildman–Crippen MR) is 131 cm³/mol. The summed E-state index contributed by atoms with van der Waals surface area (Å²) in [6, 6.07) is 6.27. The highest BCUT2D eigenvalue weighted by atomic mass is 127. The monoisotopic (exact) mass is 518 g/mol. The normalized spacial score (nSPS) is 16.4. The molecule has 3 N–H and O–H groups in total. The molecule has 29 heavy (non-hydrogen) atoms. The molecule has 0 aliphatic carbocycles. The minimum Gasteiger partial charge on any atom is -0.490 e. The van der Waals surface area contributed by atoms with Crippen molar-refractivity contribution >= 4 is 29.9 Å². The second-order valence-electron chi connectivity index (χ2n) is 8.11. The van der Waals surface area contributed by atoms with E-state index in [0.717, 1.165) is 63.5 Å². The van der Waals surface area contributed by atoms with Crippen molar-refractivity contribution in [2.45, 2.75) is 53.2 Å². The molecule has 1 aliphatic rings. The van der Waals surface area contributed by atoms with Crippen LogP contribution in [-0.4, -0.2) is 56.4 Å². The maximum absolute atomic E-state index is 6.19. The van der Waals surface area contributed by atoms with Crippen molar-refractivity contribution in [3.05, 3.63) is 29.3 Å². The summed E-state index contributed by atoms with van der Waals surface area (Å²) in [5.41, 5.74) is 8.31. The number of hydrogen-bond acceptors (Lipinski definition) is 4. The Morgan fingerprint density at radius 1 is 1.28 bits per heavy atom. The van der Waals surface area contributed by atoms with Crippen LogP contribution in [0.3, 0.4) is 0 Å². The number of halogens is 1. The highest BCUT2D eigenvalue weighted by molar-refractivity contribution is 14.0. The molecular formula is C22H39IN4O2. The maximum Gasteiger partial charge on any atom is 0.188 e. The summed E-state index contributed by atoms with van der Waals surface area (Å²) >= 11 is 0. The molecule has 2 rings (SSSR count). The van der Waals surface area contributed by atoms with Gasteiger partial charge in [-0.25, -0.2) is 4.99 Å². The molecule has 1 aromatic rings. The first-order valence-electron chi connectivity index (χ1n) is 10.5. The van der Waals surface area contributed by atoms with Crippen LogP contribution in [-0.2, 0) is 11.3 Å². The SMILES string of the molecule is Cc1ccc(CN=C(N)NCCCN2CCOCC2)c(OC(C)CC(C)C)c1.I. The molecule has 7 heteroatoms. The number of benzene rings is 1. The molecule has 0 saturated carbocycles. The van der Waals surface area contributed by atoms with Crippen LogP contribution in [0.15, 0.2) is 23.2 Å². The fourth-order valence-corrected chi connectivity index (χ4v) is 3.40. The van der Waals surface area contributed by atoms with Crippen LogP contribution >= 0.6 is 24.0 Å². The molecule has 6 nitrogen and oxygen atoms in total. The topological polar surface area (TPSA) is 72.1 Å². The third-order valence-electron chi connectivity index (χ3n) is 4.83. The van der Waals surface area contributed by atoms with Gasteiger partial charge in [-0.05, 0) is 50.8 Å². The summed E-state index contributed by atoms with van der Waals surface area (Å²) in [7, 11) is 0. The number of morpholine rings is 1. The first-order valence-corrected chi connectivity index (χ1v) is 10.5. The Balaban J connectivity index is 0.00000420. The molecule has 166 valence electrons. The highest BCUT2D eigenvalue weighted by Gasteiger charge is 2.11. The summed E-state index contributed by atoms with van der Waals surface area (Å²) in [6.07, 6.45) is 2.26. The quantitative estimate of drug-likeness (QED) is 0.215. The molecule has 0 bridgehead atoms. The van der Waals surface area contributed by atoms with Gasteiger partial charge in [0.05, 0.1) is 25.9 Å². The van der Waals surface area contributed by atoms with E-state index in [4.69, 9.17) is 15.2 Å². The number of hydrogen-bond donors (Lipinski definition) is 2. The summed E-state index contributed by atoms with van der Waals surface area (Å²) < 4.78 is 11.6. The average molecular weight is 518 g/mol.